The van der Waals surface area contributed by atoms with Gasteiger partial charge in [0.1, 0.15) is 6.07 Å². The topological polar surface area (TPSA) is 74.2 Å². The summed E-state index contributed by atoms with van der Waals surface area (Å²) < 4.78 is 4.93. The summed E-state index contributed by atoms with van der Waals surface area (Å²) in [6.45, 7) is 2.49. The Morgan fingerprint density at radius 2 is 2.22 bits per heavy atom. The number of para-hydroxylation sites is 1. The number of rotatable bonds is 5. The SMILES string of the molecule is COCCC(C)NC(=O)Nc1ccccc1C#N. The van der Waals surface area contributed by atoms with Gasteiger partial charge in [0, 0.05) is 19.8 Å². The number of carbonyl (C=O) groups is 1. The maximum absolute atomic E-state index is 11.7. The molecule has 0 radical (unpaired) electrons. The van der Waals surface area contributed by atoms with Gasteiger partial charge in [-0.15, -0.1) is 0 Å². The zero-order valence-corrected chi connectivity index (χ0v) is 10.6. The molecule has 1 unspecified atom stereocenters. The van der Waals surface area contributed by atoms with Crippen molar-refractivity contribution < 1.29 is 9.53 Å². The zero-order valence-electron chi connectivity index (χ0n) is 10.6. The number of benzene rings is 1. The second kappa shape index (κ2) is 7.30. The molecule has 1 rings (SSSR count). The van der Waals surface area contributed by atoms with E-state index in [1.807, 2.05) is 13.0 Å². The summed E-state index contributed by atoms with van der Waals surface area (Å²) in [5.41, 5.74) is 0.952. The predicted octanol–water partition coefficient (Wildman–Crippen LogP) is 2.10. The number of nitrogens with one attached hydrogen (secondary N) is 2. The fraction of sp³-hybridized carbons (Fsp3) is 0.385. The first-order valence-electron chi connectivity index (χ1n) is 5.73. The summed E-state index contributed by atoms with van der Waals surface area (Å²) in [5, 5.41) is 14.3. The first kappa shape index (κ1) is 14.0. The molecule has 1 atom stereocenters. The highest BCUT2D eigenvalue weighted by atomic mass is 16.5. The lowest BCUT2D eigenvalue weighted by molar-refractivity contribution is 0.185. The van der Waals surface area contributed by atoms with Gasteiger partial charge in [0.15, 0.2) is 0 Å². The zero-order chi connectivity index (χ0) is 13.4. The van der Waals surface area contributed by atoms with E-state index < -0.39 is 0 Å². The quantitative estimate of drug-likeness (QED) is 0.836. The van der Waals surface area contributed by atoms with E-state index in [2.05, 4.69) is 10.6 Å². The molecule has 5 nitrogen and oxygen atoms in total. The number of nitriles is 1. The Morgan fingerprint density at radius 3 is 2.89 bits per heavy atom. The molecule has 0 aliphatic carbocycles. The summed E-state index contributed by atoms with van der Waals surface area (Å²) in [5.74, 6) is 0. The number of methoxy groups -OCH3 is 1. The van der Waals surface area contributed by atoms with Crippen LogP contribution >= 0.6 is 0 Å². The number of urea groups is 1. The maximum atomic E-state index is 11.7. The van der Waals surface area contributed by atoms with Crippen molar-refractivity contribution in [3.8, 4) is 6.07 Å². The van der Waals surface area contributed by atoms with Crippen molar-refractivity contribution in [2.45, 2.75) is 19.4 Å². The number of hydrogen-bond donors (Lipinski definition) is 2. The second-order valence-corrected chi connectivity index (χ2v) is 3.94. The van der Waals surface area contributed by atoms with Crippen molar-refractivity contribution in [2.75, 3.05) is 19.0 Å². The van der Waals surface area contributed by atoms with Gasteiger partial charge in [0.05, 0.1) is 11.3 Å². The molecule has 0 aromatic heterocycles. The first-order chi connectivity index (χ1) is 8.67. The lowest BCUT2D eigenvalue weighted by atomic mass is 10.2. The van der Waals surface area contributed by atoms with E-state index in [1.54, 1.807) is 31.4 Å². The molecule has 0 saturated carbocycles. The molecule has 96 valence electrons. The van der Waals surface area contributed by atoms with Crippen molar-refractivity contribution in [2.24, 2.45) is 0 Å². The number of nitrogens with zero attached hydrogens (tertiary/aromatic N) is 1. The summed E-state index contributed by atoms with van der Waals surface area (Å²) in [6, 6.07) is 8.59. The van der Waals surface area contributed by atoms with Crippen LogP contribution in [0.15, 0.2) is 24.3 Å². The largest absolute Gasteiger partial charge is 0.385 e. The third kappa shape index (κ3) is 4.44. The molecule has 0 heterocycles. The van der Waals surface area contributed by atoms with Gasteiger partial charge in [-0.05, 0) is 25.5 Å². The minimum absolute atomic E-state index is 0.0131. The molecule has 0 spiro atoms. The average molecular weight is 247 g/mol. The van der Waals surface area contributed by atoms with Crippen LogP contribution in [0, 0.1) is 11.3 Å². The van der Waals surface area contributed by atoms with Gasteiger partial charge >= 0.3 is 6.03 Å². The fourth-order valence-electron chi connectivity index (χ4n) is 1.44. The van der Waals surface area contributed by atoms with E-state index >= 15 is 0 Å². The molecule has 0 fully saturated rings. The number of amides is 2. The number of anilines is 1. The summed E-state index contributed by atoms with van der Waals surface area (Å²) in [7, 11) is 1.62. The number of carbonyl (C=O) groups excluding carboxylic acids is 1. The minimum Gasteiger partial charge on any atom is -0.385 e. The molecular weight excluding hydrogens is 230 g/mol. The standard InChI is InChI=1S/C13H17N3O2/c1-10(7-8-18-2)15-13(17)16-12-6-4-3-5-11(12)9-14/h3-6,10H,7-8H2,1-2H3,(H2,15,16,17). The van der Waals surface area contributed by atoms with Crippen LogP contribution < -0.4 is 10.6 Å². The molecular formula is C13H17N3O2. The number of hydrogen-bond acceptors (Lipinski definition) is 3. The van der Waals surface area contributed by atoms with Crippen LogP contribution in [0.2, 0.25) is 0 Å². The highest BCUT2D eigenvalue weighted by Gasteiger charge is 2.08. The molecule has 5 heteroatoms. The minimum atomic E-state index is -0.318. The van der Waals surface area contributed by atoms with Gasteiger partial charge in [-0.25, -0.2) is 4.79 Å². The van der Waals surface area contributed by atoms with E-state index in [4.69, 9.17) is 10.00 Å². The molecule has 0 bridgehead atoms. The number of ether oxygens (including phenoxy) is 1. The van der Waals surface area contributed by atoms with E-state index in [0.29, 0.717) is 17.9 Å². The highest BCUT2D eigenvalue weighted by Crippen LogP contribution is 2.13. The lowest BCUT2D eigenvalue weighted by Crippen LogP contribution is -2.36. The molecule has 1 aromatic rings. The van der Waals surface area contributed by atoms with Crippen LogP contribution in [0.5, 0.6) is 0 Å². The van der Waals surface area contributed by atoms with Crippen molar-refractivity contribution >= 4 is 11.7 Å². The van der Waals surface area contributed by atoms with Gasteiger partial charge in [-0.3, -0.25) is 0 Å². The summed E-state index contributed by atoms with van der Waals surface area (Å²) in [6.07, 6.45) is 0.740. The van der Waals surface area contributed by atoms with Crippen LogP contribution in [-0.2, 0) is 4.74 Å². The highest BCUT2D eigenvalue weighted by molar-refractivity contribution is 5.90. The smallest absolute Gasteiger partial charge is 0.319 e. The molecule has 1 aromatic carbocycles. The molecule has 18 heavy (non-hydrogen) atoms. The molecule has 0 aliphatic heterocycles. The van der Waals surface area contributed by atoms with E-state index in [0.717, 1.165) is 6.42 Å². The molecule has 0 saturated heterocycles. The Labute approximate surface area is 107 Å². The molecule has 0 aliphatic rings. The van der Waals surface area contributed by atoms with E-state index in [9.17, 15) is 4.79 Å². The molecule has 2 N–H and O–H groups in total. The monoisotopic (exact) mass is 247 g/mol. The Kier molecular flexibility index (Phi) is 5.68. The van der Waals surface area contributed by atoms with Gasteiger partial charge in [0.2, 0.25) is 0 Å². The third-order valence-electron chi connectivity index (χ3n) is 2.43. The predicted molar refractivity (Wildman–Crippen MR) is 69.3 cm³/mol. The van der Waals surface area contributed by atoms with Crippen molar-refractivity contribution in [3.63, 3.8) is 0 Å². The Bertz CT molecular complexity index is 440. The van der Waals surface area contributed by atoms with E-state index in [1.165, 1.54) is 0 Å². The molecule has 2 amide bonds. The van der Waals surface area contributed by atoms with Crippen molar-refractivity contribution in [3.05, 3.63) is 29.8 Å². The van der Waals surface area contributed by atoms with Crippen molar-refractivity contribution in [1.29, 1.82) is 5.26 Å². The second-order valence-electron chi connectivity index (χ2n) is 3.94. The van der Waals surface area contributed by atoms with Crippen LogP contribution in [0.3, 0.4) is 0 Å². The van der Waals surface area contributed by atoms with Crippen molar-refractivity contribution in [1.82, 2.24) is 5.32 Å². The third-order valence-corrected chi connectivity index (χ3v) is 2.43. The van der Waals surface area contributed by atoms with Gasteiger partial charge in [-0.2, -0.15) is 5.26 Å². The lowest BCUT2D eigenvalue weighted by Gasteiger charge is -2.14. The Hall–Kier alpha value is -2.06. The van der Waals surface area contributed by atoms with Crippen LogP contribution in [0.1, 0.15) is 18.9 Å². The van der Waals surface area contributed by atoms with Gasteiger partial charge in [-0.1, -0.05) is 12.1 Å². The van der Waals surface area contributed by atoms with Gasteiger partial charge in [0.25, 0.3) is 0 Å². The Balaban J connectivity index is 2.52. The van der Waals surface area contributed by atoms with Crippen LogP contribution in [-0.4, -0.2) is 25.8 Å². The normalized spacial score (nSPS) is 11.4. The Morgan fingerprint density at radius 1 is 1.50 bits per heavy atom. The van der Waals surface area contributed by atoms with Crippen LogP contribution in [0.25, 0.3) is 0 Å². The summed E-state index contributed by atoms with van der Waals surface area (Å²) in [4.78, 5) is 11.7. The average Bonchev–Trinajstić information content (AvgIpc) is 2.36. The first-order valence-corrected chi connectivity index (χ1v) is 5.73. The van der Waals surface area contributed by atoms with Gasteiger partial charge < -0.3 is 15.4 Å². The maximum Gasteiger partial charge on any atom is 0.319 e. The summed E-state index contributed by atoms with van der Waals surface area (Å²) >= 11 is 0. The van der Waals surface area contributed by atoms with Crippen LogP contribution in [0.4, 0.5) is 10.5 Å². The fourth-order valence-corrected chi connectivity index (χ4v) is 1.44. The van der Waals surface area contributed by atoms with E-state index in [-0.39, 0.29) is 12.1 Å².